The molecule has 3 heteroatoms. The van der Waals surface area contributed by atoms with Crippen molar-refractivity contribution in [1.29, 1.82) is 0 Å². The van der Waals surface area contributed by atoms with Crippen molar-refractivity contribution in [2.75, 3.05) is 0 Å². The van der Waals surface area contributed by atoms with E-state index < -0.39 is 5.97 Å². The molecule has 0 bridgehead atoms. The highest BCUT2D eigenvalue weighted by Crippen LogP contribution is 2.16. The highest BCUT2D eigenvalue weighted by Gasteiger charge is 2.26. The summed E-state index contributed by atoms with van der Waals surface area (Å²) in [5.41, 5.74) is -0.00597. The Morgan fingerprint density at radius 1 is 0.645 bits per heavy atom. The van der Waals surface area contributed by atoms with Crippen molar-refractivity contribution in [2.24, 2.45) is 0 Å². The molecule has 1 atom stereocenters. The van der Waals surface area contributed by atoms with Crippen LogP contribution in [-0.2, 0) is 4.79 Å². The van der Waals surface area contributed by atoms with Crippen molar-refractivity contribution in [1.82, 2.24) is 0 Å². The van der Waals surface area contributed by atoms with E-state index >= 15 is 0 Å². The SMILES string of the molecule is CCCCCCCCCCCCCCCCCCCC(C)(C)[NH2+]C(CCCC)C(=O)[O-]. The zero-order chi connectivity index (χ0) is 23.2. The van der Waals surface area contributed by atoms with Crippen molar-refractivity contribution in [2.45, 2.75) is 174 Å². The van der Waals surface area contributed by atoms with Gasteiger partial charge in [-0.2, -0.15) is 0 Å². The maximum atomic E-state index is 11.4. The van der Waals surface area contributed by atoms with E-state index in [1.165, 1.54) is 109 Å². The predicted octanol–water partition coefficient (Wildman–Crippen LogP) is 6.68. The predicted molar refractivity (Wildman–Crippen MR) is 133 cm³/mol. The van der Waals surface area contributed by atoms with Crippen molar-refractivity contribution in [3.63, 3.8) is 0 Å². The molecule has 0 saturated carbocycles. The molecule has 0 aromatic carbocycles. The van der Waals surface area contributed by atoms with E-state index in [-0.39, 0.29) is 11.6 Å². The standard InChI is InChI=1S/C28H57NO2/c1-5-7-9-10-11-12-13-14-15-16-17-18-19-20-21-22-23-25-28(3,4)29-26(27(30)31)24-8-6-2/h26,29H,5-25H2,1-4H3,(H,30,31). The normalized spacial score (nSPS) is 12.9. The number of rotatable bonds is 24. The molecule has 0 aromatic rings. The molecule has 0 aliphatic heterocycles. The van der Waals surface area contributed by atoms with Crippen LogP contribution in [0.2, 0.25) is 0 Å². The number of quaternary nitrogens is 1. The summed E-state index contributed by atoms with van der Waals surface area (Å²) in [5.74, 6) is -0.899. The van der Waals surface area contributed by atoms with Gasteiger partial charge in [-0.1, -0.05) is 123 Å². The van der Waals surface area contributed by atoms with Crippen LogP contribution in [0.1, 0.15) is 163 Å². The summed E-state index contributed by atoms with van der Waals surface area (Å²) in [4.78, 5) is 11.4. The first-order valence-electron chi connectivity index (χ1n) is 14.0. The average Bonchev–Trinajstić information content (AvgIpc) is 2.73. The number of carbonyl (C=O) groups is 1. The summed E-state index contributed by atoms with van der Waals surface area (Å²) in [6.07, 6.45) is 27.5. The second-order valence-electron chi connectivity index (χ2n) is 10.6. The van der Waals surface area contributed by atoms with Crippen LogP contribution in [0.4, 0.5) is 0 Å². The Balaban J connectivity index is 3.47. The third kappa shape index (κ3) is 21.1. The lowest BCUT2D eigenvalue weighted by Crippen LogP contribution is -3.01. The van der Waals surface area contributed by atoms with E-state index in [9.17, 15) is 9.90 Å². The summed E-state index contributed by atoms with van der Waals surface area (Å²) in [7, 11) is 0. The quantitative estimate of drug-likeness (QED) is 0.171. The first-order chi connectivity index (χ1) is 14.9. The molecule has 0 saturated heterocycles. The van der Waals surface area contributed by atoms with Crippen molar-refractivity contribution in [3.05, 3.63) is 0 Å². The van der Waals surface area contributed by atoms with Gasteiger partial charge in [0.05, 0.1) is 11.5 Å². The molecule has 0 aromatic heterocycles. The van der Waals surface area contributed by atoms with Crippen LogP contribution >= 0.6 is 0 Å². The van der Waals surface area contributed by atoms with Crippen LogP contribution in [0, 0.1) is 0 Å². The van der Waals surface area contributed by atoms with Gasteiger partial charge in [0.25, 0.3) is 0 Å². The first-order valence-corrected chi connectivity index (χ1v) is 14.0. The fraction of sp³-hybridized carbons (Fsp3) is 0.964. The molecule has 0 heterocycles. The van der Waals surface area contributed by atoms with E-state index in [0.29, 0.717) is 0 Å². The summed E-state index contributed by atoms with van der Waals surface area (Å²) in [6.45, 7) is 8.76. The molecule has 1 unspecified atom stereocenters. The van der Waals surface area contributed by atoms with Crippen LogP contribution in [0.25, 0.3) is 0 Å². The molecule has 0 fully saturated rings. The summed E-state index contributed by atoms with van der Waals surface area (Å²) in [5, 5.41) is 13.4. The molecule has 3 nitrogen and oxygen atoms in total. The second-order valence-corrected chi connectivity index (χ2v) is 10.6. The Bertz CT molecular complexity index is 394. The molecular formula is C28H57NO2. The molecule has 0 spiro atoms. The first kappa shape index (κ1) is 30.4. The monoisotopic (exact) mass is 439 g/mol. The van der Waals surface area contributed by atoms with Crippen LogP contribution < -0.4 is 10.4 Å². The molecule has 0 radical (unpaired) electrons. The van der Waals surface area contributed by atoms with Crippen LogP contribution in [0.15, 0.2) is 0 Å². The van der Waals surface area contributed by atoms with Gasteiger partial charge in [-0.3, -0.25) is 0 Å². The van der Waals surface area contributed by atoms with E-state index in [2.05, 4.69) is 27.7 Å². The molecule has 31 heavy (non-hydrogen) atoms. The molecular weight excluding hydrogens is 382 g/mol. The van der Waals surface area contributed by atoms with Gasteiger partial charge in [-0.25, -0.2) is 0 Å². The third-order valence-electron chi connectivity index (χ3n) is 6.75. The van der Waals surface area contributed by atoms with Crippen molar-refractivity contribution < 1.29 is 15.2 Å². The van der Waals surface area contributed by atoms with E-state index in [1.807, 2.05) is 5.32 Å². The molecule has 0 aliphatic carbocycles. The van der Waals surface area contributed by atoms with Gasteiger partial charge in [-0.05, 0) is 26.7 Å². The Morgan fingerprint density at radius 3 is 1.35 bits per heavy atom. The minimum atomic E-state index is -0.899. The lowest BCUT2D eigenvalue weighted by atomic mass is 9.94. The fourth-order valence-corrected chi connectivity index (χ4v) is 4.63. The second kappa shape index (κ2) is 21.3. The van der Waals surface area contributed by atoms with E-state index in [4.69, 9.17) is 0 Å². The van der Waals surface area contributed by atoms with Gasteiger partial charge >= 0.3 is 0 Å². The number of aliphatic carboxylic acids is 1. The molecule has 0 amide bonds. The van der Waals surface area contributed by atoms with E-state index in [0.717, 1.165) is 25.7 Å². The lowest BCUT2D eigenvalue weighted by molar-refractivity contribution is -0.745. The number of hydrogen-bond acceptors (Lipinski definition) is 2. The average molecular weight is 440 g/mol. The van der Waals surface area contributed by atoms with Gasteiger partial charge in [0, 0.05) is 12.8 Å². The van der Waals surface area contributed by atoms with Crippen molar-refractivity contribution >= 4 is 5.97 Å². The number of carbonyl (C=O) groups excluding carboxylic acids is 1. The van der Waals surface area contributed by atoms with Gasteiger partial charge in [-0.15, -0.1) is 0 Å². The minimum absolute atomic E-state index is 0.00597. The van der Waals surface area contributed by atoms with Gasteiger partial charge in [0.1, 0.15) is 6.04 Å². The summed E-state index contributed by atoms with van der Waals surface area (Å²) in [6, 6.07) is -0.388. The number of nitrogens with two attached hydrogens (primary N) is 1. The fourth-order valence-electron chi connectivity index (χ4n) is 4.63. The molecule has 0 rings (SSSR count). The Morgan fingerprint density at radius 2 is 1.00 bits per heavy atom. The summed E-state index contributed by atoms with van der Waals surface area (Å²) < 4.78 is 0. The Kier molecular flexibility index (Phi) is 20.9. The number of hydrogen-bond donors (Lipinski definition) is 1. The topological polar surface area (TPSA) is 56.7 Å². The number of carboxylic acid groups (broad SMARTS) is 1. The van der Waals surface area contributed by atoms with Crippen LogP contribution in [0.5, 0.6) is 0 Å². The van der Waals surface area contributed by atoms with Gasteiger partial charge in [0.2, 0.25) is 0 Å². The molecule has 186 valence electrons. The molecule has 2 N–H and O–H groups in total. The molecule has 0 aliphatic rings. The highest BCUT2D eigenvalue weighted by atomic mass is 16.4. The smallest absolute Gasteiger partial charge is 0.126 e. The third-order valence-corrected chi connectivity index (χ3v) is 6.75. The zero-order valence-corrected chi connectivity index (χ0v) is 21.8. The largest absolute Gasteiger partial charge is 0.544 e. The highest BCUT2D eigenvalue weighted by molar-refractivity contribution is 5.69. The number of unbranched alkanes of at least 4 members (excludes halogenated alkanes) is 17. The minimum Gasteiger partial charge on any atom is -0.544 e. The zero-order valence-electron chi connectivity index (χ0n) is 21.8. The van der Waals surface area contributed by atoms with Crippen molar-refractivity contribution in [3.8, 4) is 0 Å². The number of carboxylic acids is 1. The Hall–Kier alpha value is -0.570. The van der Waals surface area contributed by atoms with Crippen LogP contribution in [-0.4, -0.2) is 17.6 Å². The Labute approximate surface area is 195 Å². The maximum Gasteiger partial charge on any atom is 0.126 e. The lowest BCUT2D eigenvalue weighted by Gasteiger charge is -2.29. The van der Waals surface area contributed by atoms with Gasteiger partial charge in [0.15, 0.2) is 0 Å². The van der Waals surface area contributed by atoms with Crippen LogP contribution in [0.3, 0.4) is 0 Å². The summed E-state index contributed by atoms with van der Waals surface area (Å²) >= 11 is 0. The van der Waals surface area contributed by atoms with Gasteiger partial charge < -0.3 is 15.2 Å². The maximum absolute atomic E-state index is 11.4. The van der Waals surface area contributed by atoms with E-state index in [1.54, 1.807) is 0 Å².